The third-order valence-corrected chi connectivity index (χ3v) is 3.30. The molecule has 0 radical (unpaired) electrons. The lowest BCUT2D eigenvalue weighted by molar-refractivity contribution is -0.129. The van der Waals surface area contributed by atoms with Crippen LogP contribution in [0.1, 0.15) is 26.2 Å². The molecule has 0 bridgehead atoms. The molecule has 3 nitrogen and oxygen atoms in total. The lowest BCUT2D eigenvalue weighted by Crippen LogP contribution is -2.42. The minimum Gasteiger partial charge on any atom is -0.324 e. The van der Waals surface area contributed by atoms with Gasteiger partial charge >= 0.3 is 0 Å². The highest BCUT2D eigenvalue weighted by Gasteiger charge is 2.53. The smallest absolute Gasteiger partial charge is 0.223 e. The summed E-state index contributed by atoms with van der Waals surface area (Å²) >= 11 is 0. The molecule has 2 saturated heterocycles. The summed E-state index contributed by atoms with van der Waals surface area (Å²) in [6, 6.07) is 2.32. The SMILES string of the molecule is CC1CCN2C(=O)CCC12C#N. The molecule has 0 N–H and O–H groups in total. The lowest BCUT2D eigenvalue weighted by atomic mass is 9.86. The zero-order valence-electron chi connectivity index (χ0n) is 7.21. The second kappa shape index (κ2) is 2.22. The first kappa shape index (κ1) is 7.60. The van der Waals surface area contributed by atoms with E-state index in [1.165, 1.54) is 0 Å². The summed E-state index contributed by atoms with van der Waals surface area (Å²) in [4.78, 5) is 13.1. The summed E-state index contributed by atoms with van der Waals surface area (Å²) in [6.07, 6.45) is 2.29. The molecule has 1 amide bonds. The Morgan fingerprint density at radius 1 is 1.75 bits per heavy atom. The topological polar surface area (TPSA) is 44.1 Å². The van der Waals surface area contributed by atoms with Crippen LogP contribution in [0.3, 0.4) is 0 Å². The van der Waals surface area contributed by atoms with E-state index in [1.54, 1.807) is 4.90 Å². The maximum absolute atomic E-state index is 11.3. The first-order valence-corrected chi connectivity index (χ1v) is 4.42. The molecular formula is C9H12N2O. The van der Waals surface area contributed by atoms with Gasteiger partial charge in [-0.3, -0.25) is 4.79 Å². The third-order valence-electron chi connectivity index (χ3n) is 3.30. The monoisotopic (exact) mass is 164 g/mol. The van der Waals surface area contributed by atoms with Gasteiger partial charge < -0.3 is 4.90 Å². The summed E-state index contributed by atoms with van der Waals surface area (Å²) in [6.45, 7) is 2.86. The molecule has 3 heteroatoms. The number of amides is 1. The van der Waals surface area contributed by atoms with Crippen molar-refractivity contribution in [3.63, 3.8) is 0 Å². The van der Waals surface area contributed by atoms with Gasteiger partial charge in [-0.1, -0.05) is 6.92 Å². The van der Waals surface area contributed by atoms with Crippen molar-refractivity contribution in [3.05, 3.63) is 0 Å². The van der Waals surface area contributed by atoms with Crippen molar-refractivity contribution in [1.82, 2.24) is 4.90 Å². The molecule has 2 fully saturated rings. The standard InChI is InChI=1S/C9H12N2O/c1-7-3-5-11-8(12)2-4-9(7,11)6-10/h7H,2-5H2,1H3. The second-order valence-corrected chi connectivity index (χ2v) is 3.77. The Labute approximate surface area is 72.0 Å². The minimum absolute atomic E-state index is 0.168. The largest absolute Gasteiger partial charge is 0.324 e. The zero-order chi connectivity index (χ0) is 8.77. The fourth-order valence-electron chi connectivity index (χ4n) is 2.41. The van der Waals surface area contributed by atoms with Crippen LogP contribution in [0.25, 0.3) is 0 Å². The van der Waals surface area contributed by atoms with E-state index in [1.807, 2.05) is 0 Å². The molecule has 2 heterocycles. The summed E-state index contributed by atoms with van der Waals surface area (Å²) in [5.41, 5.74) is -0.433. The number of nitriles is 1. The van der Waals surface area contributed by atoms with Crippen LogP contribution in [0, 0.1) is 17.2 Å². The normalized spacial score (nSPS) is 39.8. The van der Waals surface area contributed by atoms with Gasteiger partial charge in [-0.25, -0.2) is 0 Å². The fraction of sp³-hybridized carbons (Fsp3) is 0.778. The second-order valence-electron chi connectivity index (χ2n) is 3.77. The van der Waals surface area contributed by atoms with Gasteiger partial charge in [0.25, 0.3) is 0 Å². The minimum atomic E-state index is -0.433. The Kier molecular flexibility index (Phi) is 1.41. The summed E-state index contributed by atoms with van der Waals surface area (Å²) in [5.74, 6) is 0.523. The van der Waals surface area contributed by atoms with Crippen LogP contribution in [0.5, 0.6) is 0 Å². The van der Waals surface area contributed by atoms with Crippen molar-refractivity contribution in [1.29, 1.82) is 5.26 Å². The Balaban J connectivity index is 2.39. The Hall–Kier alpha value is -1.04. The number of carbonyl (C=O) groups is 1. The third kappa shape index (κ3) is 0.677. The number of hydrogen-bond acceptors (Lipinski definition) is 2. The van der Waals surface area contributed by atoms with Gasteiger partial charge in [0.2, 0.25) is 5.91 Å². The number of carbonyl (C=O) groups excluding carboxylic acids is 1. The van der Waals surface area contributed by atoms with Gasteiger partial charge in [0.15, 0.2) is 0 Å². The van der Waals surface area contributed by atoms with E-state index in [4.69, 9.17) is 5.26 Å². The highest BCUT2D eigenvalue weighted by Crippen LogP contribution is 2.42. The van der Waals surface area contributed by atoms with E-state index in [9.17, 15) is 4.79 Å². The van der Waals surface area contributed by atoms with Gasteiger partial charge in [0, 0.05) is 13.0 Å². The first-order valence-electron chi connectivity index (χ1n) is 4.42. The molecule has 2 aliphatic heterocycles. The van der Waals surface area contributed by atoms with Crippen molar-refractivity contribution in [2.24, 2.45) is 5.92 Å². The van der Waals surface area contributed by atoms with Crippen molar-refractivity contribution in [2.45, 2.75) is 31.7 Å². The van der Waals surface area contributed by atoms with E-state index in [2.05, 4.69) is 13.0 Å². The number of hydrogen-bond donors (Lipinski definition) is 0. The van der Waals surface area contributed by atoms with E-state index < -0.39 is 5.54 Å². The number of rotatable bonds is 0. The lowest BCUT2D eigenvalue weighted by Gasteiger charge is -2.27. The van der Waals surface area contributed by atoms with Crippen molar-refractivity contribution in [2.75, 3.05) is 6.54 Å². The van der Waals surface area contributed by atoms with Gasteiger partial charge in [-0.2, -0.15) is 5.26 Å². The highest BCUT2D eigenvalue weighted by molar-refractivity contribution is 5.81. The average molecular weight is 164 g/mol. The molecule has 0 aliphatic carbocycles. The van der Waals surface area contributed by atoms with Crippen LogP contribution in [0.4, 0.5) is 0 Å². The Bertz CT molecular complexity index is 268. The van der Waals surface area contributed by atoms with Gasteiger partial charge in [-0.15, -0.1) is 0 Å². The maximum Gasteiger partial charge on any atom is 0.223 e. The molecule has 64 valence electrons. The fourth-order valence-corrected chi connectivity index (χ4v) is 2.41. The first-order chi connectivity index (χ1) is 5.70. The van der Waals surface area contributed by atoms with Crippen LogP contribution >= 0.6 is 0 Å². The van der Waals surface area contributed by atoms with Crippen molar-refractivity contribution >= 4 is 5.91 Å². The molecule has 0 saturated carbocycles. The molecule has 2 unspecified atom stereocenters. The van der Waals surface area contributed by atoms with E-state index >= 15 is 0 Å². The number of fused-ring (bicyclic) bond motifs is 1. The van der Waals surface area contributed by atoms with Crippen LogP contribution in [0.15, 0.2) is 0 Å². The van der Waals surface area contributed by atoms with Gasteiger partial charge in [0.1, 0.15) is 5.54 Å². The van der Waals surface area contributed by atoms with Crippen molar-refractivity contribution < 1.29 is 4.79 Å². The van der Waals surface area contributed by atoms with Crippen LogP contribution < -0.4 is 0 Å². The molecule has 0 aromatic heterocycles. The molecule has 2 aliphatic rings. The summed E-state index contributed by atoms with van der Waals surface area (Å²) in [7, 11) is 0. The molecule has 2 atom stereocenters. The summed E-state index contributed by atoms with van der Waals surface area (Å²) < 4.78 is 0. The summed E-state index contributed by atoms with van der Waals surface area (Å²) in [5, 5.41) is 9.07. The Morgan fingerprint density at radius 2 is 2.50 bits per heavy atom. The average Bonchev–Trinajstić information content (AvgIpc) is 2.55. The van der Waals surface area contributed by atoms with Crippen molar-refractivity contribution in [3.8, 4) is 6.07 Å². The molecule has 0 spiro atoms. The molecular weight excluding hydrogens is 152 g/mol. The zero-order valence-corrected chi connectivity index (χ0v) is 7.21. The van der Waals surface area contributed by atoms with Crippen LogP contribution in [0.2, 0.25) is 0 Å². The predicted octanol–water partition coefficient (Wildman–Crippen LogP) is 0.911. The van der Waals surface area contributed by atoms with Crippen LogP contribution in [-0.2, 0) is 4.79 Å². The Morgan fingerprint density at radius 3 is 3.08 bits per heavy atom. The van der Waals surface area contributed by atoms with Gasteiger partial charge in [-0.05, 0) is 18.8 Å². The number of nitrogens with zero attached hydrogens (tertiary/aromatic N) is 2. The maximum atomic E-state index is 11.3. The van der Waals surface area contributed by atoms with Gasteiger partial charge in [0.05, 0.1) is 6.07 Å². The molecule has 12 heavy (non-hydrogen) atoms. The molecule has 2 rings (SSSR count). The predicted molar refractivity (Wildman–Crippen MR) is 43.1 cm³/mol. The van der Waals surface area contributed by atoms with E-state index in [-0.39, 0.29) is 5.91 Å². The molecule has 0 aromatic carbocycles. The van der Waals surface area contributed by atoms with Crippen LogP contribution in [-0.4, -0.2) is 22.9 Å². The van der Waals surface area contributed by atoms with E-state index in [0.717, 1.165) is 19.4 Å². The molecule has 0 aromatic rings. The van der Waals surface area contributed by atoms with E-state index in [0.29, 0.717) is 12.3 Å². The highest BCUT2D eigenvalue weighted by atomic mass is 16.2. The quantitative estimate of drug-likeness (QED) is 0.534.